The van der Waals surface area contributed by atoms with E-state index in [4.69, 9.17) is 14.6 Å². The van der Waals surface area contributed by atoms with E-state index < -0.39 is 11.9 Å². The molecule has 0 aliphatic carbocycles. The maximum Gasteiger partial charge on any atom is 0.335 e. The molecule has 0 fully saturated rings. The molecule has 4 aromatic carbocycles. The number of carboxylic acid groups (broad SMARTS) is 2. The molecule has 0 aliphatic rings. The van der Waals surface area contributed by atoms with Crippen molar-refractivity contribution in [1.82, 2.24) is 0 Å². The maximum atomic E-state index is 11.2. The van der Waals surface area contributed by atoms with Gasteiger partial charge in [-0.15, -0.1) is 0 Å². The van der Waals surface area contributed by atoms with Crippen molar-refractivity contribution in [2.24, 2.45) is 0 Å². The Bertz CT molecular complexity index is 1340. The zero-order valence-corrected chi connectivity index (χ0v) is 22.4. The summed E-state index contributed by atoms with van der Waals surface area (Å²) in [5.41, 5.74) is 1.65. The molecule has 0 aromatic heterocycles. The van der Waals surface area contributed by atoms with E-state index in [-0.39, 0.29) is 11.1 Å². The Hall–Kier alpha value is -4.06. The highest BCUT2D eigenvalue weighted by atomic mass is 32.2. The van der Waals surface area contributed by atoms with Crippen molar-refractivity contribution in [2.45, 2.75) is 9.79 Å². The van der Waals surface area contributed by atoms with Crippen LogP contribution in [0.15, 0.2) is 82.6 Å². The SMILES string of the molecule is CO.COc1cc(C(=O)O)ccc1NSc1ccc2ccc(SNc3ccc(C(=O)O)cc3OC)cc2c1. The van der Waals surface area contributed by atoms with Gasteiger partial charge in [-0.1, -0.05) is 12.1 Å². The Morgan fingerprint density at radius 1 is 0.632 bits per heavy atom. The quantitative estimate of drug-likeness (QED) is 0.145. The first-order valence-electron chi connectivity index (χ1n) is 11.0. The Labute approximate surface area is 228 Å². The fraction of sp³-hybridized carbons (Fsp3) is 0.111. The predicted molar refractivity (Wildman–Crippen MR) is 151 cm³/mol. The molecule has 4 aromatic rings. The van der Waals surface area contributed by atoms with Crippen LogP contribution in [0.25, 0.3) is 10.8 Å². The number of ether oxygens (including phenoxy) is 2. The molecule has 0 atom stereocenters. The van der Waals surface area contributed by atoms with Crippen molar-refractivity contribution in [1.29, 1.82) is 0 Å². The first kappa shape index (κ1) is 28.5. The lowest BCUT2D eigenvalue weighted by molar-refractivity contribution is 0.0686. The molecule has 11 heteroatoms. The largest absolute Gasteiger partial charge is 0.495 e. The summed E-state index contributed by atoms with van der Waals surface area (Å²) in [6, 6.07) is 21.5. The number of fused-ring (bicyclic) bond motifs is 1. The Morgan fingerprint density at radius 2 is 1.05 bits per heavy atom. The van der Waals surface area contributed by atoms with Crippen molar-refractivity contribution in [3.63, 3.8) is 0 Å². The Morgan fingerprint density at radius 3 is 1.42 bits per heavy atom. The number of rotatable bonds is 10. The van der Waals surface area contributed by atoms with Crippen molar-refractivity contribution < 1.29 is 34.4 Å². The number of aliphatic hydroxyl groups is 1. The van der Waals surface area contributed by atoms with Crippen LogP contribution >= 0.6 is 23.9 Å². The number of aromatic carboxylic acids is 2. The van der Waals surface area contributed by atoms with Crippen LogP contribution in [0.3, 0.4) is 0 Å². The minimum atomic E-state index is -1.01. The normalized spacial score (nSPS) is 10.2. The number of hydrogen-bond acceptors (Lipinski definition) is 9. The van der Waals surface area contributed by atoms with Crippen LogP contribution in [0.5, 0.6) is 11.5 Å². The summed E-state index contributed by atoms with van der Waals surface area (Å²) in [7, 11) is 3.99. The van der Waals surface area contributed by atoms with Crippen LogP contribution in [0.4, 0.5) is 11.4 Å². The van der Waals surface area contributed by atoms with E-state index in [0.29, 0.717) is 22.9 Å². The molecular formula is C27H26N2O7S2. The third kappa shape index (κ3) is 7.03. The molecule has 0 spiro atoms. The second-order valence-electron chi connectivity index (χ2n) is 7.52. The molecule has 0 heterocycles. The van der Waals surface area contributed by atoms with Gasteiger partial charge in [0.05, 0.1) is 36.7 Å². The second-order valence-corrected chi connectivity index (χ2v) is 9.28. The van der Waals surface area contributed by atoms with E-state index in [9.17, 15) is 19.8 Å². The fourth-order valence-electron chi connectivity index (χ4n) is 3.37. The van der Waals surface area contributed by atoms with Crippen molar-refractivity contribution in [3.8, 4) is 11.5 Å². The van der Waals surface area contributed by atoms with E-state index in [1.807, 2.05) is 24.3 Å². The highest BCUT2D eigenvalue weighted by Crippen LogP contribution is 2.34. The molecule has 0 aliphatic heterocycles. The monoisotopic (exact) mass is 554 g/mol. The van der Waals surface area contributed by atoms with Gasteiger partial charge in [0.15, 0.2) is 0 Å². The van der Waals surface area contributed by atoms with Crippen LogP contribution in [0.2, 0.25) is 0 Å². The van der Waals surface area contributed by atoms with Crippen molar-refractivity contribution in [2.75, 3.05) is 30.8 Å². The molecule has 0 radical (unpaired) electrons. The van der Waals surface area contributed by atoms with Crippen LogP contribution in [0.1, 0.15) is 20.7 Å². The standard InChI is InChI=1S/C26H22N2O6S2.CH4O/c1-33-23-13-16(25(29)30)5-9-21(23)27-35-19-7-3-15-4-8-20(12-18(15)11-19)36-28-22-10-6-17(26(31)32)14-24(22)34-2;1-2/h3-14,27-28H,1-2H3,(H,29,30)(H,31,32);2H,1H3. The molecule has 38 heavy (non-hydrogen) atoms. The van der Waals surface area contributed by atoms with Gasteiger partial charge < -0.3 is 34.2 Å². The van der Waals surface area contributed by atoms with Gasteiger partial charge >= 0.3 is 11.9 Å². The van der Waals surface area contributed by atoms with E-state index in [1.54, 1.807) is 12.1 Å². The maximum absolute atomic E-state index is 11.2. The molecule has 0 amide bonds. The lowest BCUT2D eigenvalue weighted by Crippen LogP contribution is -1.99. The lowest BCUT2D eigenvalue weighted by Gasteiger charge is -2.12. The summed E-state index contributed by atoms with van der Waals surface area (Å²) in [5, 5.41) is 27.5. The average Bonchev–Trinajstić information content (AvgIpc) is 2.95. The number of carboxylic acids is 2. The number of hydrogen-bond donors (Lipinski definition) is 5. The molecular weight excluding hydrogens is 528 g/mol. The highest BCUT2D eigenvalue weighted by molar-refractivity contribution is 8.00. The van der Waals surface area contributed by atoms with E-state index in [0.717, 1.165) is 27.7 Å². The van der Waals surface area contributed by atoms with E-state index >= 15 is 0 Å². The van der Waals surface area contributed by atoms with Gasteiger partial charge in [0.2, 0.25) is 0 Å². The molecule has 0 saturated carbocycles. The van der Waals surface area contributed by atoms with Gasteiger partial charge in [-0.25, -0.2) is 9.59 Å². The Kier molecular flexibility index (Phi) is 10.1. The van der Waals surface area contributed by atoms with Crippen molar-refractivity contribution >= 4 is 58.0 Å². The fourth-order valence-corrected chi connectivity index (χ4v) is 4.81. The van der Waals surface area contributed by atoms with Crippen LogP contribution in [0, 0.1) is 0 Å². The van der Waals surface area contributed by atoms with Gasteiger partial charge in [0, 0.05) is 16.9 Å². The molecule has 0 bridgehead atoms. The van der Waals surface area contributed by atoms with Crippen LogP contribution in [-0.2, 0) is 0 Å². The number of carbonyl (C=O) groups is 2. The summed E-state index contributed by atoms with van der Waals surface area (Å²) < 4.78 is 17.1. The lowest BCUT2D eigenvalue weighted by atomic mass is 10.1. The van der Waals surface area contributed by atoms with Crippen molar-refractivity contribution in [3.05, 3.63) is 83.9 Å². The first-order chi connectivity index (χ1) is 18.4. The summed E-state index contributed by atoms with van der Waals surface area (Å²) >= 11 is 2.78. The molecule has 0 saturated heterocycles. The highest BCUT2D eigenvalue weighted by Gasteiger charge is 2.11. The van der Waals surface area contributed by atoms with Crippen LogP contribution in [-0.4, -0.2) is 48.6 Å². The minimum Gasteiger partial charge on any atom is -0.495 e. The summed E-state index contributed by atoms with van der Waals surface area (Å²) in [5.74, 6) is -1.14. The topological polar surface area (TPSA) is 137 Å². The third-order valence-electron chi connectivity index (χ3n) is 5.24. The summed E-state index contributed by atoms with van der Waals surface area (Å²) in [4.78, 5) is 24.3. The van der Waals surface area contributed by atoms with Gasteiger partial charge in [0.1, 0.15) is 11.5 Å². The molecule has 4 rings (SSSR count). The van der Waals surface area contributed by atoms with Gasteiger partial charge in [-0.05, 0) is 95.3 Å². The minimum absolute atomic E-state index is 0.155. The number of nitrogens with one attached hydrogen (secondary N) is 2. The zero-order chi connectivity index (χ0) is 27.7. The zero-order valence-electron chi connectivity index (χ0n) is 20.7. The predicted octanol–water partition coefficient (Wildman–Crippen LogP) is 6.10. The first-order valence-corrected chi connectivity index (χ1v) is 12.7. The third-order valence-corrected chi connectivity index (χ3v) is 6.86. The van der Waals surface area contributed by atoms with E-state index in [1.165, 1.54) is 62.4 Å². The number of aliphatic hydroxyl groups excluding tert-OH is 1. The Balaban J connectivity index is 0.00000195. The summed E-state index contributed by atoms with van der Waals surface area (Å²) in [6.07, 6.45) is 0. The second kappa shape index (κ2) is 13.5. The summed E-state index contributed by atoms with van der Waals surface area (Å²) in [6.45, 7) is 0. The van der Waals surface area contributed by atoms with Gasteiger partial charge in [-0.3, -0.25) is 0 Å². The number of benzene rings is 4. The smallest absolute Gasteiger partial charge is 0.335 e. The van der Waals surface area contributed by atoms with Gasteiger partial charge in [-0.2, -0.15) is 0 Å². The number of methoxy groups -OCH3 is 2. The molecule has 0 unspecified atom stereocenters. The molecule has 198 valence electrons. The van der Waals surface area contributed by atoms with Crippen LogP contribution < -0.4 is 18.9 Å². The average molecular weight is 555 g/mol. The van der Waals surface area contributed by atoms with Gasteiger partial charge in [0.25, 0.3) is 0 Å². The number of anilines is 2. The molecule has 5 N–H and O–H groups in total. The van der Waals surface area contributed by atoms with E-state index in [2.05, 4.69) is 21.6 Å². The molecule has 9 nitrogen and oxygen atoms in total.